The summed E-state index contributed by atoms with van der Waals surface area (Å²) in [6.45, 7) is 0.974. The Labute approximate surface area is 124 Å². The fourth-order valence-corrected chi connectivity index (χ4v) is 4.37. The number of ether oxygens (including phenoxy) is 2. The molecule has 4 heterocycles. The molecule has 20 heavy (non-hydrogen) atoms. The molecule has 5 nitrogen and oxygen atoms in total. The fraction of sp³-hybridized carbons (Fsp3) is 0.933. The highest BCUT2D eigenvalue weighted by molar-refractivity contribution is 5.74. The van der Waals surface area contributed by atoms with Gasteiger partial charge in [-0.2, -0.15) is 0 Å². The Balaban J connectivity index is 1.89. The zero-order valence-electron chi connectivity index (χ0n) is 15.7. The van der Waals surface area contributed by atoms with E-state index >= 15 is 0 Å². The van der Waals surface area contributed by atoms with Gasteiger partial charge < -0.3 is 9.47 Å². The number of fused-ring (bicyclic) bond motifs is 2. The van der Waals surface area contributed by atoms with Gasteiger partial charge in [0.15, 0.2) is 5.60 Å². The summed E-state index contributed by atoms with van der Waals surface area (Å²) < 4.78 is 43.3. The molecule has 0 aromatic heterocycles. The molecule has 1 saturated carbocycles. The van der Waals surface area contributed by atoms with Crippen molar-refractivity contribution in [1.29, 1.82) is 0 Å². The molecule has 4 aliphatic heterocycles. The zero-order chi connectivity index (χ0) is 17.5. The number of rotatable bonds is 0. The maximum atomic E-state index is 12.5. The van der Waals surface area contributed by atoms with Gasteiger partial charge in [0, 0.05) is 23.7 Å². The molecule has 112 valence electrons. The molecule has 5 aliphatic rings. The summed E-state index contributed by atoms with van der Waals surface area (Å²) in [5.41, 5.74) is -1.24. The Bertz CT molecular complexity index is 583. The normalized spacial score (nSPS) is 65.0. The standard InChI is InChI=1S/C15H22O5/c1-8-4-5-11-9(2)12(16)17-13-15(11)10(8)6-7-14(3,18-13)19-20-15/h8-11,13H,4-7H2,1-3H3/t8-,9-,10+,11+,13-,14-,15-/m1/s1/i2D3,9D. The molecule has 1 aliphatic carbocycles. The van der Waals surface area contributed by atoms with Crippen LogP contribution in [0.1, 0.15) is 51.9 Å². The molecule has 0 radical (unpaired) electrons. The van der Waals surface area contributed by atoms with Crippen molar-refractivity contribution in [3.8, 4) is 0 Å². The molecule has 5 heteroatoms. The molecule has 0 N–H and O–H groups in total. The lowest BCUT2D eigenvalue weighted by Crippen LogP contribution is -2.69. The van der Waals surface area contributed by atoms with Crippen LogP contribution in [0.2, 0.25) is 0 Å². The highest BCUT2D eigenvalue weighted by Gasteiger charge is 2.69. The second-order valence-corrected chi connectivity index (χ2v) is 6.68. The van der Waals surface area contributed by atoms with Crippen LogP contribution in [-0.2, 0) is 24.0 Å². The van der Waals surface area contributed by atoms with Crippen molar-refractivity contribution >= 4 is 5.97 Å². The third kappa shape index (κ3) is 1.46. The van der Waals surface area contributed by atoms with Gasteiger partial charge in [0.05, 0.1) is 5.89 Å². The van der Waals surface area contributed by atoms with Gasteiger partial charge in [-0.3, -0.25) is 4.79 Å². The van der Waals surface area contributed by atoms with E-state index in [2.05, 4.69) is 6.92 Å². The van der Waals surface area contributed by atoms with E-state index < -0.39 is 42.3 Å². The smallest absolute Gasteiger partial charge is 0.311 e. The van der Waals surface area contributed by atoms with Crippen molar-refractivity contribution in [2.24, 2.45) is 23.6 Å². The van der Waals surface area contributed by atoms with Crippen LogP contribution in [0.15, 0.2) is 0 Å². The van der Waals surface area contributed by atoms with Crippen molar-refractivity contribution in [3.05, 3.63) is 0 Å². The largest absolute Gasteiger partial charge is 0.432 e. The minimum atomic E-state index is -2.82. The van der Waals surface area contributed by atoms with Gasteiger partial charge in [0.1, 0.15) is 0 Å². The lowest BCUT2D eigenvalue weighted by Gasteiger charge is -2.57. The van der Waals surface area contributed by atoms with E-state index in [4.69, 9.17) is 24.7 Å². The van der Waals surface area contributed by atoms with E-state index in [1.807, 2.05) is 0 Å². The zero-order valence-corrected chi connectivity index (χ0v) is 11.7. The summed E-state index contributed by atoms with van der Waals surface area (Å²) in [7, 11) is 0. The Morgan fingerprint density at radius 3 is 2.95 bits per heavy atom. The first-order valence-electron chi connectivity index (χ1n) is 9.30. The van der Waals surface area contributed by atoms with Crippen LogP contribution in [0.3, 0.4) is 0 Å². The second-order valence-electron chi connectivity index (χ2n) is 6.68. The highest BCUT2D eigenvalue weighted by atomic mass is 17.3. The van der Waals surface area contributed by atoms with E-state index in [0.717, 1.165) is 6.42 Å². The first-order valence-corrected chi connectivity index (χ1v) is 7.30. The van der Waals surface area contributed by atoms with E-state index in [0.29, 0.717) is 19.3 Å². The summed E-state index contributed by atoms with van der Waals surface area (Å²) in [5, 5.41) is 0. The van der Waals surface area contributed by atoms with E-state index in [1.165, 1.54) is 0 Å². The minimum absolute atomic E-state index is 0.0919. The van der Waals surface area contributed by atoms with Gasteiger partial charge >= 0.3 is 5.97 Å². The van der Waals surface area contributed by atoms with Crippen molar-refractivity contribution in [2.45, 2.75) is 64.1 Å². The predicted molar refractivity (Wildman–Crippen MR) is 68.0 cm³/mol. The van der Waals surface area contributed by atoms with Crippen LogP contribution >= 0.6 is 0 Å². The van der Waals surface area contributed by atoms with Gasteiger partial charge in [-0.05, 0) is 32.1 Å². The van der Waals surface area contributed by atoms with Gasteiger partial charge in [-0.1, -0.05) is 13.8 Å². The SMILES string of the molecule is [2H]C([2H])([2H])[C@@]1([2H])C(=O)O[C@@H]2O[C@@]3(C)CC[C@H]4[C@H](C)CC[C@@H]1[C@@]24OO3. The molecule has 5 rings (SSSR count). The molecular formula is C15H22O5. The van der Waals surface area contributed by atoms with E-state index in [-0.39, 0.29) is 11.8 Å². The van der Waals surface area contributed by atoms with Crippen LogP contribution in [0.5, 0.6) is 0 Å². The predicted octanol–water partition coefficient (Wildman–Crippen LogP) is 2.39. The van der Waals surface area contributed by atoms with Crippen molar-refractivity contribution in [3.63, 3.8) is 0 Å². The van der Waals surface area contributed by atoms with Crippen LogP contribution in [-0.4, -0.2) is 23.6 Å². The molecule has 0 aromatic rings. The first-order chi connectivity index (χ1) is 11.0. The lowest BCUT2D eigenvalue weighted by molar-refractivity contribution is -0.559. The number of hydrogen-bond donors (Lipinski definition) is 0. The van der Waals surface area contributed by atoms with Crippen LogP contribution < -0.4 is 0 Å². The van der Waals surface area contributed by atoms with Gasteiger partial charge in [0.2, 0.25) is 12.1 Å². The fourth-order valence-electron chi connectivity index (χ4n) is 4.37. The van der Waals surface area contributed by atoms with Crippen molar-refractivity contribution in [2.75, 3.05) is 0 Å². The van der Waals surface area contributed by atoms with Gasteiger partial charge in [-0.25, -0.2) is 9.78 Å². The Hall–Kier alpha value is -0.650. The number of carbonyl (C=O) groups is 1. The molecule has 1 spiro atoms. The summed E-state index contributed by atoms with van der Waals surface area (Å²) in [6.07, 6.45) is 1.34. The number of carbonyl (C=O) groups excluding carboxylic acids is 1. The molecule has 0 aromatic carbocycles. The van der Waals surface area contributed by atoms with Crippen LogP contribution in [0.25, 0.3) is 0 Å². The van der Waals surface area contributed by atoms with E-state index in [9.17, 15) is 4.79 Å². The number of esters is 1. The summed E-state index contributed by atoms with van der Waals surface area (Å²) >= 11 is 0. The Kier molecular flexibility index (Phi) is 1.86. The maximum absolute atomic E-state index is 12.5. The Morgan fingerprint density at radius 1 is 1.30 bits per heavy atom. The average molecular weight is 286 g/mol. The molecule has 2 bridgehead atoms. The second kappa shape index (κ2) is 3.96. The third-order valence-corrected chi connectivity index (χ3v) is 5.50. The monoisotopic (exact) mass is 286 g/mol. The van der Waals surface area contributed by atoms with E-state index in [1.54, 1.807) is 6.92 Å². The minimum Gasteiger partial charge on any atom is -0.432 e. The first kappa shape index (κ1) is 9.38. The van der Waals surface area contributed by atoms with Crippen molar-refractivity contribution < 1.29 is 29.5 Å². The highest BCUT2D eigenvalue weighted by Crippen LogP contribution is 2.59. The number of hydrogen-bond acceptors (Lipinski definition) is 5. The van der Waals surface area contributed by atoms with Gasteiger partial charge in [-0.15, -0.1) is 0 Å². The topological polar surface area (TPSA) is 54.0 Å². The summed E-state index contributed by atoms with van der Waals surface area (Å²) in [6, 6.07) is 0. The molecule has 0 unspecified atom stereocenters. The Morgan fingerprint density at radius 2 is 2.15 bits per heavy atom. The molecule has 0 amide bonds. The lowest BCUT2D eigenvalue weighted by atomic mass is 9.58. The summed E-state index contributed by atoms with van der Waals surface area (Å²) in [5.74, 6) is -5.20. The average Bonchev–Trinajstić information content (AvgIpc) is 2.70. The maximum Gasteiger partial charge on any atom is 0.311 e. The van der Waals surface area contributed by atoms with Crippen LogP contribution in [0, 0.1) is 23.6 Å². The molecule has 5 fully saturated rings. The molecule has 4 saturated heterocycles. The third-order valence-electron chi connectivity index (χ3n) is 5.50. The van der Waals surface area contributed by atoms with Crippen molar-refractivity contribution in [1.82, 2.24) is 0 Å². The van der Waals surface area contributed by atoms with Gasteiger partial charge in [0.25, 0.3) is 0 Å². The molecule has 7 atom stereocenters. The quantitative estimate of drug-likeness (QED) is 0.505. The molecular weight excluding hydrogens is 260 g/mol. The summed E-state index contributed by atoms with van der Waals surface area (Å²) in [4.78, 5) is 23.8. The van der Waals surface area contributed by atoms with Crippen LogP contribution in [0.4, 0.5) is 0 Å².